The van der Waals surface area contributed by atoms with Crippen molar-refractivity contribution in [2.24, 2.45) is 5.92 Å². The predicted molar refractivity (Wildman–Crippen MR) is 89.1 cm³/mol. The summed E-state index contributed by atoms with van der Waals surface area (Å²) >= 11 is 0. The van der Waals surface area contributed by atoms with Crippen LogP contribution in [0.15, 0.2) is 24.3 Å². The number of nitrogens with zero attached hydrogens (tertiary/aromatic N) is 1. The molecule has 0 bridgehead atoms. The molecule has 0 radical (unpaired) electrons. The third-order valence-electron chi connectivity index (χ3n) is 4.50. The number of hydrogen-bond acceptors (Lipinski definition) is 3. The Morgan fingerprint density at radius 3 is 2.56 bits per heavy atom. The molecule has 7 heteroatoms. The van der Waals surface area contributed by atoms with E-state index in [4.69, 9.17) is 5.11 Å². The van der Waals surface area contributed by atoms with Crippen molar-refractivity contribution in [3.63, 3.8) is 0 Å². The Morgan fingerprint density at radius 2 is 1.92 bits per heavy atom. The Hall–Kier alpha value is -2.44. The summed E-state index contributed by atoms with van der Waals surface area (Å²) in [6.07, 6.45) is 2.24. The highest BCUT2D eigenvalue weighted by molar-refractivity contribution is 5.90. The fourth-order valence-electron chi connectivity index (χ4n) is 3.14. The maximum absolute atomic E-state index is 13.1. The van der Waals surface area contributed by atoms with Crippen molar-refractivity contribution in [3.05, 3.63) is 35.6 Å². The van der Waals surface area contributed by atoms with E-state index in [0.29, 0.717) is 19.4 Å². The molecule has 0 saturated carbocycles. The Balaban J connectivity index is 1.91. The molecule has 2 unspecified atom stereocenters. The zero-order chi connectivity index (χ0) is 18.4. The van der Waals surface area contributed by atoms with Gasteiger partial charge >= 0.3 is 5.97 Å². The van der Waals surface area contributed by atoms with Gasteiger partial charge < -0.3 is 15.3 Å². The van der Waals surface area contributed by atoms with E-state index in [1.54, 1.807) is 19.2 Å². The van der Waals surface area contributed by atoms with Gasteiger partial charge in [-0.15, -0.1) is 0 Å². The van der Waals surface area contributed by atoms with Crippen LogP contribution in [0.3, 0.4) is 0 Å². The number of likely N-dealkylation sites (tertiary alicyclic amines) is 1. The molecule has 2 rings (SSSR count). The van der Waals surface area contributed by atoms with Crippen LogP contribution < -0.4 is 5.32 Å². The fraction of sp³-hybridized carbons (Fsp3) is 0.500. The number of carbonyl (C=O) groups excluding carboxylic acids is 2. The summed E-state index contributed by atoms with van der Waals surface area (Å²) in [6, 6.07) is 5.44. The average molecular weight is 350 g/mol. The third-order valence-corrected chi connectivity index (χ3v) is 4.50. The first-order valence-corrected chi connectivity index (χ1v) is 8.40. The first-order valence-electron chi connectivity index (χ1n) is 8.40. The molecule has 0 aromatic heterocycles. The SMILES string of the molecule is CN1C(=O)CC(C(=O)NCCCCCC(=O)O)C1c1ccc(F)cc1. The number of hydrogen-bond donors (Lipinski definition) is 2. The molecule has 0 spiro atoms. The first-order chi connectivity index (χ1) is 11.9. The van der Waals surface area contributed by atoms with Gasteiger partial charge in [-0.2, -0.15) is 0 Å². The highest BCUT2D eigenvalue weighted by Gasteiger charge is 2.42. The van der Waals surface area contributed by atoms with E-state index in [1.165, 1.54) is 17.0 Å². The molecule has 1 fully saturated rings. The molecular weight excluding hydrogens is 327 g/mol. The third kappa shape index (κ3) is 5.01. The Labute approximate surface area is 146 Å². The molecule has 1 saturated heterocycles. The van der Waals surface area contributed by atoms with Crippen LogP contribution in [0.1, 0.15) is 43.7 Å². The lowest BCUT2D eigenvalue weighted by Crippen LogP contribution is -2.35. The monoisotopic (exact) mass is 350 g/mol. The van der Waals surface area contributed by atoms with Crippen LogP contribution in [0, 0.1) is 11.7 Å². The second-order valence-electron chi connectivity index (χ2n) is 6.31. The lowest BCUT2D eigenvalue weighted by atomic mass is 9.93. The molecule has 1 aromatic carbocycles. The Bertz CT molecular complexity index is 632. The van der Waals surface area contributed by atoms with Gasteiger partial charge in [0, 0.05) is 26.4 Å². The number of carboxylic acids is 1. The molecule has 1 aliphatic rings. The zero-order valence-electron chi connectivity index (χ0n) is 14.2. The van der Waals surface area contributed by atoms with Gasteiger partial charge in [-0.05, 0) is 30.5 Å². The summed E-state index contributed by atoms with van der Waals surface area (Å²) in [6.45, 7) is 0.447. The van der Waals surface area contributed by atoms with Gasteiger partial charge in [0.25, 0.3) is 0 Å². The van der Waals surface area contributed by atoms with Crippen molar-refractivity contribution in [1.82, 2.24) is 10.2 Å². The van der Waals surface area contributed by atoms with E-state index in [-0.39, 0.29) is 30.5 Å². The number of benzene rings is 1. The molecule has 136 valence electrons. The van der Waals surface area contributed by atoms with Gasteiger partial charge in [0.2, 0.25) is 11.8 Å². The number of aliphatic carboxylic acids is 1. The van der Waals surface area contributed by atoms with Gasteiger partial charge in [0.15, 0.2) is 0 Å². The summed E-state index contributed by atoms with van der Waals surface area (Å²) in [5.41, 5.74) is 0.733. The van der Waals surface area contributed by atoms with E-state index in [2.05, 4.69) is 5.32 Å². The molecule has 0 aliphatic carbocycles. The van der Waals surface area contributed by atoms with Crippen LogP contribution >= 0.6 is 0 Å². The van der Waals surface area contributed by atoms with Gasteiger partial charge in [-0.3, -0.25) is 14.4 Å². The van der Waals surface area contributed by atoms with E-state index >= 15 is 0 Å². The average Bonchev–Trinajstić information content (AvgIpc) is 2.87. The van der Waals surface area contributed by atoms with Crippen molar-refractivity contribution < 1.29 is 23.9 Å². The molecule has 25 heavy (non-hydrogen) atoms. The molecule has 2 N–H and O–H groups in total. The van der Waals surface area contributed by atoms with E-state index in [0.717, 1.165) is 12.0 Å². The van der Waals surface area contributed by atoms with Crippen LogP contribution in [-0.2, 0) is 14.4 Å². The highest BCUT2D eigenvalue weighted by Crippen LogP contribution is 2.37. The summed E-state index contributed by atoms with van der Waals surface area (Å²) in [4.78, 5) is 36.5. The minimum Gasteiger partial charge on any atom is -0.481 e. The summed E-state index contributed by atoms with van der Waals surface area (Å²) in [5, 5.41) is 11.4. The number of unbranched alkanes of at least 4 members (excludes halogenated alkanes) is 2. The predicted octanol–water partition coefficient (Wildman–Crippen LogP) is 2.11. The lowest BCUT2D eigenvalue weighted by Gasteiger charge is -2.25. The van der Waals surface area contributed by atoms with Crippen molar-refractivity contribution in [3.8, 4) is 0 Å². The first kappa shape index (κ1) is 18.9. The Kier molecular flexibility index (Phi) is 6.50. The number of nitrogens with one attached hydrogen (secondary N) is 1. The quantitative estimate of drug-likeness (QED) is 0.703. The lowest BCUT2D eigenvalue weighted by molar-refractivity contribution is -0.137. The van der Waals surface area contributed by atoms with Crippen LogP contribution in [0.2, 0.25) is 0 Å². The minimum atomic E-state index is -0.821. The summed E-state index contributed by atoms with van der Waals surface area (Å²) in [7, 11) is 1.65. The molecule has 1 aliphatic heterocycles. The fourth-order valence-corrected chi connectivity index (χ4v) is 3.14. The molecule has 6 nitrogen and oxygen atoms in total. The van der Waals surface area contributed by atoms with Crippen molar-refractivity contribution >= 4 is 17.8 Å². The summed E-state index contributed by atoms with van der Waals surface area (Å²) in [5.74, 6) is -2.01. The zero-order valence-corrected chi connectivity index (χ0v) is 14.2. The number of carboxylic acid groups (broad SMARTS) is 1. The second kappa shape index (κ2) is 8.60. The highest BCUT2D eigenvalue weighted by atomic mass is 19.1. The number of halogens is 1. The van der Waals surface area contributed by atoms with Gasteiger partial charge in [0.1, 0.15) is 5.82 Å². The van der Waals surface area contributed by atoms with Crippen LogP contribution in [0.5, 0.6) is 0 Å². The van der Waals surface area contributed by atoms with E-state index < -0.39 is 17.9 Å². The normalized spacial score (nSPS) is 19.9. The largest absolute Gasteiger partial charge is 0.481 e. The van der Waals surface area contributed by atoms with Crippen molar-refractivity contribution in [1.29, 1.82) is 0 Å². The van der Waals surface area contributed by atoms with E-state index in [1.807, 2.05) is 0 Å². The molecule has 1 heterocycles. The number of carbonyl (C=O) groups is 3. The number of rotatable bonds is 8. The second-order valence-corrected chi connectivity index (χ2v) is 6.31. The van der Waals surface area contributed by atoms with Gasteiger partial charge in [0.05, 0.1) is 12.0 Å². The van der Waals surface area contributed by atoms with Gasteiger partial charge in [-0.1, -0.05) is 18.6 Å². The van der Waals surface area contributed by atoms with Crippen LogP contribution in [0.4, 0.5) is 4.39 Å². The van der Waals surface area contributed by atoms with Crippen molar-refractivity contribution in [2.75, 3.05) is 13.6 Å². The van der Waals surface area contributed by atoms with Crippen molar-refractivity contribution in [2.45, 2.75) is 38.1 Å². The molecule has 2 atom stereocenters. The maximum Gasteiger partial charge on any atom is 0.303 e. The summed E-state index contributed by atoms with van der Waals surface area (Å²) < 4.78 is 13.1. The molecule has 1 aromatic rings. The smallest absolute Gasteiger partial charge is 0.303 e. The minimum absolute atomic E-state index is 0.115. The molecule has 2 amide bonds. The topological polar surface area (TPSA) is 86.7 Å². The maximum atomic E-state index is 13.1. The Morgan fingerprint density at radius 1 is 1.24 bits per heavy atom. The van der Waals surface area contributed by atoms with Crippen LogP contribution in [-0.4, -0.2) is 41.4 Å². The van der Waals surface area contributed by atoms with Crippen LogP contribution in [0.25, 0.3) is 0 Å². The molecular formula is C18H23FN2O4. The standard InChI is InChI=1S/C18H23FN2O4/c1-21-15(22)11-14(17(21)12-6-8-13(19)9-7-12)18(25)20-10-4-2-3-5-16(23)24/h6-9,14,17H,2-5,10-11H2,1H3,(H,20,25)(H,23,24). The number of amides is 2. The van der Waals surface area contributed by atoms with E-state index in [9.17, 15) is 18.8 Å². The van der Waals surface area contributed by atoms with Gasteiger partial charge in [-0.25, -0.2) is 4.39 Å².